The second-order valence-electron chi connectivity index (χ2n) is 4.21. The number of aromatic carboxylic acids is 1. The van der Waals surface area contributed by atoms with Gasteiger partial charge in [-0.3, -0.25) is 0 Å². The van der Waals surface area contributed by atoms with Crippen molar-refractivity contribution in [3.63, 3.8) is 0 Å². The maximum Gasteiger partial charge on any atom is 0.339 e. The van der Waals surface area contributed by atoms with Gasteiger partial charge in [0.2, 0.25) is 0 Å². The summed E-state index contributed by atoms with van der Waals surface area (Å²) in [6, 6.07) is 4.74. The lowest BCUT2D eigenvalue weighted by Gasteiger charge is -2.23. The molecule has 104 valence electrons. The summed E-state index contributed by atoms with van der Waals surface area (Å²) < 4.78 is 21.1. The molecule has 0 radical (unpaired) electrons. The molecule has 0 aliphatic carbocycles. The zero-order chi connectivity index (χ0) is 13.9. The lowest BCUT2D eigenvalue weighted by atomic mass is 10.0. The molecule has 0 saturated carbocycles. The molecule has 6 heteroatoms. The maximum atomic E-state index is 11.1. The van der Waals surface area contributed by atoms with Crippen molar-refractivity contribution in [2.45, 2.75) is 12.7 Å². The number of carboxylic acid groups (broad SMARTS) is 1. The predicted octanol–water partition coefficient (Wildman–Crippen LogP) is 1.59. The molecule has 1 fully saturated rings. The Bertz CT molecular complexity index is 464. The number of hydrogen-bond donors (Lipinski definition) is 1. The van der Waals surface area contributed by atoms with Crippen LogP contribution >= 0.6 is 0 Å². The number of carboxylic acids is 1. The lowest BCUT2D eigenvalue weighted by molar-refractivity contribution is -0.149. The third-order valence-electron chi connectivity index (χ3n) is 2.91. The van der Waals surface area contributed by atoms with E-state index in [1.54, 1.807) is 19.1 Å². The van der Waals surface area contributed by atoms with E-state index in [1.807, 2.05) is 0 Å². The number of carbonyl (C=O) groups is 1. The van der Waals surface area contributed by atoms with Gasteiger partial charge in [-0.2, -0.15) is 0 Å². The zero-order valence-corrected chi connectivity index (χ0v) is 10.8. The lowest BCUT2D eigenvalue weighted by Crippen LogP contribution is -2.22. The summed E-state index contributed by atoms with van der Waals surface area (Å²) in [5, 5.41) is 9.10. The van der Waals surface area contributed by atoms with E-state index in [4.69, 9.17) is 24.1 Å². The van der Waals surface area contributed by atoms with Gasteiger partial charge in [-0.15, -0.1) is 0 Å². The Labute approximate surface area is 110 Å². The minimum absolute atomic E-state index is 0.0256. The van der Waals surface area contributed by atoms with Crippen LogP contribution in [0.15, 0.2) is 18.2 Å². The average molecular weight is 268 g/mol. The standard InChI is InChI=1S/C13H16O6/c1-13(18-5-6-19-13)9-3-4-10(12(14)15)11(7-9)17-8-16-2/h3-4,7H,5-6,8H2,1-2H3,(H,14,15). The fourth-order valence-electron chi connectivity index (χ4n) is 1.90. The largest absolute Gasteiger partial charge is 0.478 e. The molecule has 1 N–H and O–H groups in total. The van der Waals surface area contributed by atoms with Crippen molar-refractivity contribution in [1.29, 1.82) is 0 Å². The molecule has 0 amide bonds. The van der Waals surface area contributed by atoms with Crippen LogP contribution in [0.5, 0.6) is 5.75 Å². The third kappa shape index (κ3) is 2.86. The third-order valence-corrected chi connectivity index (χ3v) is 2.91. The van der Waals surface area contributed by atoms with Crippen LogP contribution in [-0.4, -0.2) is 38.2 Å². The van der Waals surface area contributed by atoms with Gasteiger partial charge in [0.1, 0.15) is 11.3 Å². The van der Waals surface area contributed by atoms with Crippen molar-refractivity contribution in [3.05, 3.63) is 29.3 Å². The molecule has 1 saturated heterocycles. The van der Waals surface area contributed by atoms with Crippen molar-refractivity contribution in [2.24, 2.45) is 0 Å². The molecule has 1 heterocycles. The Kier molecular flexibility index (Phi) is 4.04. The molecule has 1 aliphatic rings. The van der Waals surface area contributed by atoms with Gasteiger partial charge in [0.25, 0.3) is 0 Å². The van der Waals surface area contributed by atoms with Crippen LogP contribution in [0.25, 0.3) is 0 Å². The summed E-state index contributed by atoms with van der Waals surface area (Å²) in [4.78, 5) is 11.1. The fraction of sp³-hybridized carbons (Fsp3) is 0.462. The van der Waals surface area contributed by atoms with E-state index in [9.17, 15) is 4.79 Å². The normalized spacial score (nSPS) is 17.4. The molecule has 1 aromatic carbocycles. The second kappa shape index (κ2) is 5.56. The molecule has 1 aliphatic heterocycles. The minimum Gasteiger partial charge on any atom is -0.478 e. The van der Waals surface area contributed by atoms with E-state index in [0.717, 1.165) is 0 Å². The summed E-state index contributed by atoms with van der Waals surface area (Å²) in [5.41, 5.74) is 0.781. The molecule has 19 heavy (non-hydrogen) atoms. The van der Waals surface area contributed by atoms with Crippen LogP contribution in [0.2, 0.25) is 0 Å². The van der Waals surface area contributed by atoms with Gasteiger partial charge < -0.3 is 24.1 Å². The first kappa shape index (κ1) is 13.8. The Hall–Kier alpha value is -1.63. The monoisotopic (exact) mass is 268 g/mol. The van der Waals surface area contributed by atoms with Crippen LogP contribution in [0, 0.1) is 0 Å². The summed E-state index contributed by atoms with van der Waals surface area (Å²) in [7, 11) is 1.47. The molecule has 6 nitrogen and oxygen atoms in total. The Morgan fingerprint density at radius 3 is 2.68 bits per heavy atom. The van der Waals surface area contributed by atoms with E-state index < -0.39 is 11.8 Å². The Morgan fingerprint density at radius 2 is 2.11 bits per heavy atom. The van der Waals surface area contributed by atoms with Crippen LogP contribution in [-0.2, 0) is 20.0 Å². The summed E-state index contributed by atoms with van der Waals surface area (Å²) >= 11 is 0. The smallest absolute Gasteiger partial charge is 0.339 e. The van der Waals surface area contributed by atoms with Crippen LogP contribution in [0.4, 0.5) is 0 Å². The Balaban J connectivity index is 2.34. The topological polar surface area (TPSA) is 74.2 Å². The van der Waals surface area contributed by atoms with Gasteiger partial charge >= 0.3 is 5.97 Å². The summed E-state index contributed by atoms with van der Waals surface area (Å²) in [5.74, 6) is -1.69. The maximum absolute atomic E-state index is 11.1. The molecular weight excluding hydrogens is 252 g/mol. The van der Waals surface area contributed by atoms with E-state index in [0.29, 0.717) is 18.8 Å². The number of ether oxygens (including phenoxy) is 4. The molecule has 0 unspecified atom stereocenters. The highest BCUT2D eigenvalue weighted by molar-refractivity contribution is 5.91. The molecular formula is C13H16O6. The SMILES string of the molecule is COCOc1cc(C2(C)OCCO2)ccc1C(=O)O. The highest BCUT2D eigenvalue weighted by Crippen LogP contribution is 2.34. The molecule has 0 bridgehead atoms. The van der Waals surface area contributed by atoms with Gasteiger partial charge in [0, 0.05) is 12.7 Å². The number of rotatable bonds is 5. The predicted molar refractivity (Wildman–Crippen MR) is 65.2 cm³/mol. The summed E-state index contributed by atoms with van der Waals surface area (Å²) in [6.07, 6.45) is 0. The van der Waals surface area contributed by atoms with Gasteiger partial charge in [-0.05, 0) is 19.1 Å². The van der Waals surface area contributed by atoms with E-state index >= 15 is 0 Å². The number of hydrogen-bond acceptors (Lipinski definition) is 5. The van der Waals surface area contributed by atoms with Crippen molar-refractivity contribution in [1.82, 2.24) is 0 Å². The first-order chi connectivity index (χ1) is 9.07. The number of benzene rings is 1. The van der Waals surface area contributed by atoms with Gasteiger partial charge in [0.15, 0.2) is 12.6 Å². The number of methoxy groups -OCH3 is 1. The van der Waals surface area contributed by atoms with Crippen LogP contribution < -0.4 is 4.74 Å². The van der Waals surface area contributed by atoms with Gasteiger partial charge in [-0.25, -0.2) is 4.79 Å². The first-order valence-corrected chi connectivity index (χ1v) is 5.84. The first-order valence-electron chi connectivity index (χ1n) is 5.84. The second-order valence-corrected chi connectivity index (χ2v) is 4.21. The van der Waals surface area contributed by atoms with Crippen LogP contribution in [0.1, 0.15) is 22.8 Å². The van der Waals surface area contributed by atoms with Gasteiger partial charge in [-0.1, -0.05) is 6.07 Å². The van der Waals surface area contributed by atoms with Crippen molar-refractivity contribution in [2.75, 3.05) is 27.1 Å². The van der Waals surface area contributed by atoms with Gasteiger partial charge in [0.05, 0.1) is 13.2 Å². The highest BCUT2D eigenvalue weighted by Gasteiger charge is 2.34. The quantitative estimate of drug-likeness (QED) is 0.817. The molecule has 0 spiro atoms. The summed E-state index contributed by atoms with van der Waals surface area (Å²) in [6.45, 7) is 2.77. The zero-order valence-electron chi connectivity index (χ0n) is 10.8. The van der Waals surface area contributed by atoms with Crippen LogP contribution in [0.3, 0.4) is 0 Å². The van der Waals surface area contributed by atoms with Crippen molar-refractivity contribution in [3.8, 4) is 5.75 Å². The van der Waals surface area contributed by atoms with Crippen molar-refractivity contribution >= 4 is 5.97 Å². The molecule has 0 aromatic heterocycles. The fourth-order valence-corrected chi connectivity index (χ4v) is 1.90. The Morgan fingerprint density at radius 1 is 1.42 bits per heavy atom. The van der Waals surface area contributed by atoms with E-state index in [1.165, 1.54) is 13.2 Å². The van der Waals surface area contributed by atoms with E-state index in [2.05, 4.69) is 0 Å². The molecule has 2 rings (SSSR count). The minimum atomic E-state index is -1.06. The highest BCUT2D eigenvalue weighted by atomic mass is 16.7. The molecule has 1 aromatic rings. The van der Waals surface area contributed by atoms with Crippen molar-refractivity contribution < 1.29 is 28.8 Å². The average Bonchev–Trinajstić information content (AvgIpc) is 2.84. The van der Waals surface area contributed by atoms with E-state index in [-0.39, 0.29) is 18.1 Å². The molecule has 0 atom stereocenters.